The quantitative estimate of drug-likeness (QED) is 0.659. The van der Waals surface area contributed by atoms with Crippen LogP contribution < -0.4 is 5.32 Å². The summed E-state index contributed by atoms with van der Waals surface area (Å²) < 4.78 is 6.50. The van der Waals surface area contributed by atoms with E-state index in [0.717, 1.165) is 20.4 Å². The molecule has 1 aromatic carbocycles. The van der Waals surface area contributed by atoms with Crippen LogP contribution in [0.15, 0.2) is 44.5 Å². The molecule has 2 N–H and O–H groups in total. The molecular formula is C13H10BrN4O3+. The van der Waals surface area contributed by atoms with Gasteiger partial charge in [-0.05, 0) is 12.1 Å². The molecule has 21 heavy (non-hydrogen) atoms. The van der Waals surface area contributed by atoms with Gasteiger partial charge in [0.15, 0.2) is 12.3 Å². The average molecular weight is 350 g/mol. The molecule has 0 radical (unpaired) electrons. The lowest BCUT2D eigenvalue weighted by Gasteiger charge is -1.99. The highest BCUT2D eigenvalue weighted by Crippen LogP contribution is 2.22. The van der Waals surface area contributed by atoms with E-state index < -0.39 is 6.03 Å². The third kappa shape index (κ3) is 3.06. The minimum Gasteiger partial charge on any atom is -0.435 e. The molecule has 1 aliphatic rings. The van der Waals surface area contributed by atoms with Gasteiger partial charge in [-0.15, -0.1) is 0 Å². The number of imide groups is 1. The molecule has 0 spiro atoms. The molecule has 0 unspecified atom stereocenters. The van der Waals surface area contributed by atoms with Crippen LogP contribution in [0.2, 0.25) is 0 Å². The smallest absolute Gasteiger partial charge is 0.435 e. The Hall–Kier alpha value is -2.32. The summed E-state index contributed by atoms with van der Waals surface area (Å²) in [6.45, 7) is -0.0460. The molecule has 0 bridgehead atoms. The first kappa shape index (κ1) is 13.7. The molecule has 2 heterocycles. The van der Waals surface area contributed by atoms with Crippen molar-refractivity contribution >= 4 is 34.1 Å². The molecular weight excluding hydrogens is 340 g/mol. The van der Waals surface area contributed by atoms with Crippen LogP contribution in [0.5, 0.6) is 0 Å². The van der Waals surface area contributed by atoms with E-state index in [0.29, 0.717) is 5.76 Å². The second-order valence-electron chi connectivity index (χ2n) is 4.32. The van der Waals surface area contributed by atoms with Gasteiger partial charge in [-0.3, -0.25) is 0 Å². The molecule has 2 aromatic rings. The van der Waals surface area contributed by atoms with Crippen molar-refractivity contribution < 1.29 is 19.3 Å². The molecule has 0 atom stereocenters. The average Bonchev–Trinajstić information content (AvgIpc) is 3.04. The molecule has 8 heteroatoms. The van der Waals surface area contributed by atoms with Gasteiger partial charge in [-0.1, -0.05) is 28.1 Å². The number of amides is 3. The first-order valence-corrected chi connectivity index (χ1v) is 6.86. The fourth-order valence-corrected chi connectivity index (χ4v) is 2.06. The van der Waals surface area contributed by atoms with E-state index in [1.54, 1.807) is 6.20 Å². The van der Waals surface area contributed by atoms with E-state index in [4.69, 9.17) is 4.42 Å². The fourth-order valence-electron chi connectivity index (χ4n) is 1.80. The van der Waals surface area contributed by atoms with E-state index in [9.17, 15) is 9.59 Å². The number of carbonyl (C=O) groups is 2. The van der Waals surface area contributed by atoms with Gasteiger partial charge in [0.1, 0.15) is 6.21 Å². The van der Waals surface area contributed by atoms with Crippen LogP contribution in [0.25, 0.3) is 11.3 Å². The Labute approximate surface area is 127 Å². The predicted octanol–water partition coefficient (Wildman–Crippen LogP) is 0.964. The van der Waals surface area contributed by atoms with Gasteiger partial charge < -0.3 is 4.42 Å². The second kappa shape index (κ2) is 5.58. The van der Waals surface area contributed by atoms with Crippen LogP contribution in [0, 0.1) is 0 Å². The zero-order valence-corrected chi connectivity index (χ0v) is 12.3. The van der Waals surface area contributed by atoms with E-state index in [-0.39, 0.29) is 18.3 Å². The maximum absolute atomic E-state index is 11.3. The van der Waals surface area contributed by atoms with Crippen LogP contribution in [0.4, 0.5) is 4.79 Å². The molecule has 0 saturated carbocycles. The minimum absolute atomic E-state index is 0.0460. The predicted molar refractivity (Wildman–Crippen MR) is 76.3 cm³/mol. The Balaban J connectivity index is 1.75. The van der Waals surface area contributed by atoms with Crippen molar-refractivity contribution in [1.82, 2.24) is 9.99 Å². The molecule has 3 rings (SSSR count). The lowest BCUT2D eigenvalue weighted by molar-refractivity contribution is -0.461. The van der Waals surface area contributed by atoms with Gasteiger partial charge in [0.2, 0.25) is 5.89 Å². The van der Waals surface area contributed by atoms with Crippen LogP contribution in [-0.2, 0) is 4.79 Å². The topological polar surface area (TPSA) is 92.4 Å². The van der Waals surface area contributed by atoms with Crippen molar-refractivity contribution in [1.29, 1.82) is 0 Å². The number of nitrogens with two attached hydrogens (primary N) is 1. The first-order valence-electron chi connectivity index (χ1n) is 6.06. The van der Waals surface area contributed by atoms with Crippen molar-refractivity contribution in [2.24, 2.45) is 5.10 Å². The summed E-state index contributed by atoms with van der Waals surface area (Å²) in [5.74, 6) is 0.597. The molecule has 7 nitrogen and oxygen atoms in total. The molecule has 1 fully saturated rings. The van der Waals surface area contributed by atoms with Crippen molar-refractivity contribution in [3.05, 3.63) is 40.8 Å². The molecule has 0 aliphatic carbocycles. The molecule has 1 aliphatic heterocycles. The highest BCUT2D eigenvalue weighted by molar-refractivity contribution is 9.10. The largest absolute Gasteiger partial charge is 0.444 e. The van der Waals surface area contributed by atoms with E-state index >= 15 is 0 Å². The van der Waals surface area contributed by atoms with Gasteiger partial charge in [-0.2, -0.15) is 15.4 Å². The van der Waals surface area contributed by atoms with Gasteiger partial charge in [0, 0.05) is 10.0 Å². The normalized spacial score (nSPS) is 15.4. The van der Waals surface area contributed by atoms with E-state index in [1.807, 2.05) is 24.3 Å². The highest BCUT2D eigenvalue weighted by Gasteiger charge is 2.32. The number of primary amides is 2. The number of hydrogen-bond acceptors (Lipinski definition) is 5. The van der Waals surface area contributed by atoms with E-state index in [1.165, 1.54) is 6.21 Å². The maximum atomic E-state index is 11.3. The summed E-state index contributed by atoms with van der Waals surface area (Å²) >= 11 is 3.36. The minimum atomic E-state index is -0.434. The summed E-state index contributed by atoms with van der Waals surface area (Å²) in [6.07, 6.45) is 2.89. The van der Waals surface area contributed by atoms with Gasteiger partial charge in [-0.25, -0.2) is 14.6 Å². The Morgan fingerprint density at radius 1 is 1.33 bits per heavy atom. The third-order valence-electron chi connectivity index (χ3n) is 2.80. The van der Waals surface area contributed by atoms with Crippen molar-refractivity contribution in [2.45, 2.75) is 0 Å². The van der Waals surface area contributed by atoms with Crippen LogP contribution in [0.3, 0.4) is 0 Å². The summed E-state index contributed by atoms with van der Waals surface area (Å²) in [5.41, 5.74) is 0.881. The van der Waals surface area contributed by atoms with Crippen molar-refractivity contribution in [3.63, 3.8) is 0 Å². The monoisotopic (exact) mass is 349 g/mol. The number of rotatable bonds is 3. The number of urea groups is 1. The Kier molecular flexibility index (Phi) is 3.63. The number of benzene rings is 1. The summed E-state index contributed by atoms with van der Waals surface area (Å²) in [4.78, 5) is 26.5. The zero-order chi connectivity index (χ0) is 14.8. The van der Waals surface area contributed by atoms with Crippen LogP contribution >= 0.6 is 15.9 Å². The number of oxazole rings is 1. The zero-order valence-electron chi connectivity index (χ0n) is 10.7. The van der Waals surface area contributed by atoms with Crippen molar-refractivity contribution in [3.8, 4) is 11.3 Å². The molecule has 106 valence electrons. The molecule has 3 amide bonds. The number of halogens is 1. The summed E-state index contributed by atoms with van der Waals surface area (Å²) in [5, 5.41) is 5.96. The highest BCUT2D eigenvalue weighted by atomic mass is 79.9. The molecule has 1 saturated heterocycles. The van der Waals surface area contributed by atoms with Crippen molar-refractivity contribution in [2.75, 3.05) is 6.54 Å². The van der Waals surface area contributed by atoms with Gasteiger partial charge >= 0.3 is 11.9 Å². The number of carbonyl (C=O) groups excluding carboxylic acids is 2. The number of hydrazone groups is 1. The number of hydrogen-bond donors (Lipinski definition) is 1. The Morgan fingerprint density at radius 2 is 2.10 bits per heavy atom. The SMILES string of the molecule is O=C1CN(/N=C/c2ncc(-c3ccc(Br)cc3)o2)C(=O)[NH2+]1. The fraction of sp³-hybridized carbons (Fsp3) is 0.0769. The standard InChI is InChI=1S/C13H9BrN4O3/c14-9-3-1-8(2-4-9)10-5-15-12(21-10)6-16-18-7-11(19)17-13(18)20/h1-6H,7H2,(H,17,19,20)/p+1/b16-6+. The van der Waals surface area contributed by atoms with Gasteiger partial charge in [0.05, 0.1) is 6.20 Å². The van der Waals surface area contributed by atoms with E-state index in [2.05, 4.69) is 26.0 Å². The third-order valence-corrected chi connectivity index (χ3v) is 3.33. The summed E-state index contributed by atoms with van der Waals surface area (Å²) in [6, 6.07) is 7.15. The second-order valence-corrected chi connectivity index (χ2v) is 5.24. The summed E-state index contributed by atoms with van der Waals surface area (Å²) in [7, 11) is 0. The number of nitrogens with zero attached hydrogens (tertiary/aromatic N) is 3. The lowest BCUT2D eigenvalue weighted by Crippen LogP contribution is -2.88. The van der Waals surface area contributed by atoms with Crippen LogP contribution in [-0.4, -0.2) is 34.7 Å². The maximum Gasteiger partial charge on any atom is 0.444 e. The Morgan fingerprint density at radius 3 is 2.76 bits per heavy atom. The molecule has 1 aromatic heterocycles. The number of aromatic nitrogens is 1. The number of quaternary nitrogens is 1. The first-order chi connectivity index (χ1) is 10.1. The lowest BCUT2D eigenvalue weighted by atomic mass is 10.2. The van der Waals surface area contributed by atoms with Crippen LogP contribution in [0.1, 0.15) is 5.89 Å². The Bertz CT molecular complexity index is 723. The van der Waals surface area contributed by atoms with Gasteiger partial charge in [0.25, 0.3) is 0 Å².